The zero-order chi connectivity index (χ0) is 12.3. The second-order valence-corrected chi connectivity index (χ2v) is 5.88. The van der Waals surface area contributed by atoms with Crippen molar-refractivity contribution in [3.05, 3.63) is 22.9 Å². The molecule has 0 saturated heterocycles. The fourth-order valence-corrected chi connectivity index (χ4v) is 2.80. The lowest BCUT2D eigenvalue weighted by Gasteiger charge is -2.29. The van der Waals surface area contributed by atoms with Gasteiger partial charge in [0.25, 0.3) is 0 Å². The van der Waals surface area contributed by atoms with Gasteiger partial charge in [-0.25, -0.2) is 4.79 Å². The van der Waals surface area contributed by atoms with Gasteiger partial charge in [0.2, 0.25) is 0 Å². The normalized spacial score (nSPS) is 14.1. The Morgan fingerprint density at radius 3 is 2.25 bits per heavy atom. The van der Waals surface area contributed by atoms with Crippen molar-refractivity contribution >= 4 is 15.9 Å². The Labute approximate surface area is 106 Å². The van der Waals surface area contributed by atoms with E-state index in [9.17, 15) is 4.79 Å². The highest BCUT2D eigenvalue weighted by molar-refractivity contribution is 9.09. The maximum absolute atomic E-state index is 11.9. The van der Waals surface area contributed by atoms with Crippen molar-refractivity contribution in [1.29, 1.82) is 0 Å². The van der Waals surface area contributed by atoms with Gasteiger partial charge in [-0.3, -0.25) is 9.13 Å². The van der Waals surface area contributed by atoms with Gasteiger partial charge in [0, 0.05) is 30.8 Å². The van der Waals surface area contributed by atoms with E-state index in [-0.39, 0.29) is 11.1 Å². The molecule has 0 aliphatic carbocycles. The van der Waals surface area contributed by atoms with E-state index in [1.807, 2.05) is 19.3 Å². The van der Waals surface area contributed by atoms with E-state index in [0.717, 1.165) is 18.4 Å². The van der Waals surface area contributed by atoms with Crippen LogP contribution in [0, 0.1) is 11.3 Å². The first-order valence-electron chi connectivity index (χ1n) is 5.71. The van der Waals surface area contributed by atoms with E-state index >= 15 is 0 Å². The molecule has 0 bridgehead atoms. The van der Waals surface area contributed by atoms with Gasteiger partial charge in [-0.05, 0) is 18.3 Å². The predicted molar refractivity (Wildman–Crippen MR) is 71.1 cm³/mol. The monoisotopic (exact) mass is 288 g/mol. The first kappa shape index (κ1) is 13.6. The molecular formula is C12H21BrN2O. The molecule has 1 unspecified atom stereocenters. The molecular weight excluding hydrogens is 268 g/mol. The van der Waals surface area contributed by atoms with E-state index in [1.54, 1.807) is 9.13 Å². The lowest BCUT2D eigenvalue weighted by atomic mass is 9.82. The molecule has 0 radical (unpaired) electrons. The molecule has 1 aromatic rings. The van der Waals surface area contributed by atoms with Gasteiger partial charge in [0.05, 0.1) is 0 Å². The van der Waals surface area contributed by atoms with Gasteiger partial charge >= 0.3 is 5.69 Å². The Balaban J connectivity index is 2.87. The lowest BCUT2D eigenvalue weighted by Crippen LogP contribution is -2.32. The molecule has 1 aromatic heterocycles. The van der Waals surface area contributed by atoms with Gasteiger partial charge in [-0.2, -0.15) is 0 Å². The van der Waals surface area contributed by atoms with Crippen LogP contribution in [0.5, 0.6) is 0 Å². The lowest BCUT2D eigenvalue weighted by molar-refractivity contribution is 0.237. The average molecular weight is 289 g/mol. The van der Waals surface area contributed by atoms with Crippen LogP contribution in [0.2, 0.25) is 0 Å². The highest BCUT2D eigenvalue weighted by Gasteiger charge is 2.24. The maximum atomic E-state index is 11.9. The molecule has 0 saturated carbocycles. The Kier molecular flexibility index (Phi) is 4.42. The number of nitrogens with zero attached hydrogens (tertiary/aromatic N) is 2. The smallest absolute Gasteiger partial charge is 0.300 e. The summed E-state index contributed by atoms with van der Waals surface area (Å²) in [6.07, 6.45) is 3.74. The van der Waals surface area contributed by atoms with E-state index in [2.05, 4.69) is 36.7 Å². The summed E-state index contributed by atoms with van der Waals surface area (Å²) in [7, 11) is 0. The SMILES string of the molecule is CCn1ccn(CC(CBr)C(C)(C)C)c1=O. The van der Waals surface area contributed by atoms with Crippen molar-refractivity contribution in [2.75, 3.05) is 5.33 Å². The number of hydrogen-bond acceptors (Lipinski definition) is 1. The summed E-state index contributed by atoms with van der Waals surface area (Å²) in [6, 6.07) is 0. The second kappa shape index (κ2) is 5.21. The Morgan fingerprint density at radius 2 is 1.88 bits per heavy atom. The summed E-state index contributed by atoms with van der Waals surface area (Å²) in [5, 5.41) is 0.917. The van der Waals surface area contributed by atoms with Crippen LogP contribution in [0.1, 0.15) is 27.7 Å². The minimum atomic E-state index is 0.0951. The first-order chi connectivity index (χ1) is 7.40. The van der Waals surface area contributed by atoms with Crippen molar-refractivity contribution in [1.82, 2.24) is 9.13 Å². The van der Waals surface area contributed by atoms with Gasteiger partial charge in [-0.1, -0.05) is 36.7 Å². The van der Waals surface area contributed by atoms with Crippen molar-refractivity contribution in [2.45, 2.75) is 40.8 Å². The molecule has 3 nitrogen and oxygen atoms in total. The molecule has 0 aliphatic rings. The van der Waals surface area contributed by atoms with Crippen molar-refractivity contribution in [2.24, 2.45) is 11.3 Å². The van der Waals surface area contributed by atoms with Gasteiger partial charge < -0.3 is 0 Å². The van der Waals surface area contributed by atoms with Crippen molar-refractivity contribution in [3.63, 3.8) is 0 Å². The van der Waals surface area contributed by atoms with Crippen LogP contribution in [-0.2, 0) is 13.1 Å². The Morgan fingerprint density at radius 1 is 1.31 bits per heavy atom. The third kappa shape index (κ3) is 3.00. The maximum Gasteiger partial charge on any atom is 0.328 e. The third-order valence-electron chi connectivity index (χ3n) is 3.09. The fraction of sp³-hybridized carbons (Fsp3) is 0.750. The Hall–Kier alpha value is -0.510. The number of halogens is 1. The largest absolute Gasteiger partial charge is 0.328 e. The van der Waals surface area contributed by atoms with Crippen molar-refractivity contribution in [3.8, 4) is 0 Å². The van der Waals surface area contributed by atoms with Gasteiger partial charge in [-0.15, -0.1) is 0 Å². The summed E-state index contributed by atoms with van der Waals surface area (Å²) in [5.74, 6) is 0.456. The summed E-state index contributed by atoms with van der Waals surface area (Å²) in [6.45, 7) is 10.1. The highest BCUT2D eigenvalue weighted by Crippen LogP contribution is 2.28. The van der Waals surface area contributed by atoms with E-state index in [0.29, 0.717) is 5.92 Å². The number of rotatable bonds is 4. The predicted octanol–water partition coefficient (Wildman–Crippen LogP) is 2.73. The molecule has 0 aromatic carbocycles. The van der Waals surface area contributed by atoms with Crippen LogP contribution in [0.25, 0.3) is 0 Å². The average Bonchev–Trinajstić information content (AvgIpc) is 2.54. The molecule has 1 atom stereocenters. The molecule has 0 aliphatic heterocycles. The van der Waals surface area contributed by atoms with E-state index in [4.69, 9.17) is 0 Å². The molecule has 4 heteroatoms. The zero-order valence-electron chi connectivity index (χ0n) is 10.5. The van der Waals surface area contributed by atoms with Crippen LogP contribution >= 0.6 is 15.9 Å². The summed E-state index contributed by atoms with van der Waals surface area (Å²) < 4.78 is 3.54. The van der Waals surface area contributed by atoms with E-state index < -0.39 is 0 Å². The fourth-order valence-electron chi connectivity index (χ4n) is 1.62. The molecule has 16 heavy (non-hydrogen) atoms. The van der Waals surface area contributed by atoms with E-state index in [1.165, 1.54) is 0 Å². The number of imidazole rings is 1. The van der Waals surface area contributed by atoms with Crippen LogP contribution < -0.4 is 5.69 Å². The first-order valence-corrected chi connectivity index (χ1v) is 6.83. The van der Waals surface area contributed by atoms with Gasteiger partial charge in [0.1, 0.15) is 0 Å². The molecule has 1 rings (SSSR count). The van der Waals surface area contributed by atoms with Crippen molar-refractivity contribution < 1.29 is 0 Å². The Bertz CT molecular complexity index is 386. The summed E-state index contributed by atoms with van der Waals surface area (Å²) >= 11 is 3.54. The van der Waals surface area contributed by atoms with Crippen LogP contribution in [-0.4, -0.2) is 14.5 Å². The van der Waals surface area contributed by atoms with Gasteiger partial charge in [0.15, 0.2) is 0 Å². The summed E-state index contributed by atoms with van der Waals surface area (Å²) in [5.41, 5.74) is 0.301. The third-order valence-corrected chi connectivity index (χ3v) is 3.87. The highest BCUT2D eigenvalue weighted by atomic mass is 79.9. The summed E-state index contributed by atoms with van der Waals surface area (Å²) in [4.78, 5) is 11.9. The topological polar surface area (TPSA) is 26.9 Å². The number of aromatic nitrogens is 2. The number of aryl methyl sites for hydroxylation is 1. The van der Waals surface area contributed by atoms with Crippen LogP contribution in [0.15, 0.2) is 17.2 Å². The zero-order valence-corrected chi connectivity index (χ0v) is 12.1. The molecule has 0 fully saturated rings. The molecule has 0 spiro atoms. The molecule has 1 heterocycles. The number of alkyl halides is 1. The second-order valence-electron chi connectivity index (χ2n) is 5.24. The van der Waals surface area contributed by atoms with Crippen LogP contribution in [0.3, 0.4) is 0 Å². The minimum absolute atomic E-state index is 0.0951. The minimum Gasteiger partial charge on any atom is -0.300 e. The molecule has 0 N–H and O–H groups in total. The number of hydrogen-bond donors (Lipinski definition) is 0. The molecule has 92 valence electrons. The van der Waals surface area contributed by atoms with Crippen LogP contribution in [0.4, 0.5) is 0 Å². The molecule has 0 amide bonds. The standard InChI is InChI=1S/C12H21BrN2O/c1-5-14-6-7-15(11(14)16)9-10(8-13)12(2,3)4/h6-7,10H,5,8-9H2,1-4H3. The quantitative estimate of drug-likeness (QED) is 0.783.